The van der Waals surface area contributed by atoms with Gasteiger partial charge in [0.2, 0.25) is 27.9 Å². The molecule has 3 aliphatic heterocycles. The number of hydrogen-bond donors (Lipinski definition) is 3. The topological polar surface area (TPSA) is 182 Å². The van der Waals surface area contributed by atoms with Crippen LogP contribution >= 0.6 is 0 Å². The van der Waals surface area contributed by atoms with Crippen molar-refractivity contribution in [3.8, 4) is 11.5 Å². The number of halogens is 3. The summed E-state index contributed by atoms with van der Waals surface area (Å²) in [4.78, 5) is 62.5. The van der Waals surface area contributed by atoms with Crippen LogP contribution in [0.25, 0.3) is 10.9 Å². The van der Waals surface area contributed by atoms with E-state index < -0.39 is 85.9 Å². The van der Waals surface area contributed by atoms with Gasteiger partial charge in [0.1, 0.15) is 34.7 Å². The second-order valence-corrected chi connectivity index (χ2v) is 19.6. The van der Waals surface area contributed by atoms with E-state index in [0.717, 1.165) is 16.5 Å². The van der Waals surface area contributed by atoms with Crippen LogP contribution in [0.2, 0.25) is 0 Å². The number of sulfonamides is 1. The van der Waals surface area contributed by atoms with Crippen LogP contribution in [0.4, 0.5) is 18.0 Å². The Hall–Kier alpha value is -4.61. The van der Waals surface area contributed by atoms with Gasteiger partial charge in [-0.15, -0.1) is 0 Å². The number of amides is 4. The highest BCUT2D eigenvalue weighted by molar-refractivity contribution is 7.91. The van der Waals surface area contributed by atoms with Gasteiger partial charge in [0.15, 0.2) is 0 Å². The van der Waals surface area contributed by atoms with E-state index in [1.54, 1.807) is 33.1 Å². The number of aromatic nitrogens is 1. The van der Waals surface area contributed by atoms with Gasteiger partial charge < -0.3 is 29.7 Å². The number of ether oxygens (including phenoxy) is 3. The third kappa shape index (κ3) is 8.29. The van der Waals surface area contributed by atoms with Gasteiger partial charge >= 0.3 is 12.3 Å². The van der Waals surface area contributed by atoms with Crippen molar-refractivity contribution in [1.82, 2.24) is 25.2 Å². The van der Waals surface area contributed by atoms with Gasteiger partial charge in [0.25, 0.3) is 5.91 Å². The standard InChI is InChI=1S/C41H52F3N5O9S/c1-23(2)33(41(42,43)44)57-37(53)46-30-12-10-8-6-7-9-11-25-20-40(25,36(52)48-59(54,55)38(4)17-18-38)47-34(50)31-21-39(22-49(31)35(30)51)16-15-27-28-19-26(56-5)13-14-29(28)45-24(3)32(27)58-39/h9,11,13-14,19,23,25,30-31,33H,6-8,10,12,15-18,20-22H2,1-5H3,(H,46,53)(H,47,50)(H,48,52)/b11-9-/t25-,30+,31+,33?,39-,40-/m1/s1. The number of fused-ring (bicyclic) bond motifs is 5. The molecule has 14 nitrogen and oxygen atoms in total. The molecule has 18 heteroatoms. The van der Waals surface area contributed by atoms with Crippen LogP contribution in [0.3, 0.4) is 0 Å². The summed E-state index contributed by atoms with van der Waals surface area (Å²) in [6.45, 7) is 5.73. The number of hydrogen-bond acceptors (Lipinski definition) is 10. The summed E-state index contributed by atoms with van der Waals surface area (Å²) in [7, 11) is -2.51. The van der Waals surface area contributed by atoms with Gasteiger partial charge in [-0.3, -0.25) is 19.1 Å². The van der Waals surface area contributed by atoms with Crippen LogP contribution < -0.4 is 24.8 Å². The molecule has 3 N–H and O–H groups in total. The molecule has 2 aliphatic carbocycles. The molecule has 1 aromatic carbocycles. The maximum absolute atomic E-state index is 14.8. The minimum absolute atomic E-state index is 0.0417. The summed E-state index contributed by atoms with van der Waals surface area (Å²) in [6, 6.07) is 2.86. The number of nitrogens with one attached hydrogen (secondary N) is 3. The maximum atomic E-state index is 14.8. The molecule has 1 aromatic heterocycles. The van der Waals surface area contributed by atoms with Gasteiger partial charge in [0.05, 0.1) is 29.6 Å². The molecule has 1 unspecified atom stereocenters. The molecule has 2 aromatic rings. The Bertz CT molecular complexity index is 2180. The Balaban J connectivity index is 1.23. The Morgan fingerprint density at radius 2 is 1.85 bits per heavy atom. The smallest absolute Gasteiger partial charge is 0.425 e. The number of pyridine rings is 1. The fourth-order valence-corrected chi connectivity index (χ4v) is 9.98. The zero-order chi connectivity index (χ0) is 42.7. The molecular formula is C41H52F3N5O9S. The lowest BCUT2D eigenvalue weighted by molar-refractivity contribution is -0.215. The number of alkyl carbamates (subject to hydrolysis) is 1. The average molecular weight is 848 g/mol. The van der Waals surface area contributed by atoms with Gasteiger partial charge in [-0.05, 0) is 89.3 Å². The third-order valence-corrected chi connectivity index (χ3v) is 14.8. The lowest BCUT2D eigenvalue weighted by atomic mass is 9.87. The van der Waals surface area contributed by atoms with Crippen molar-refractivity contribution in [1.29, 1.82) is 0 Å². The summed E-state index contributed by atoms with van der Waals surface area (Å²) < 4.78 is 86.2. The number of allylic oxidation sites excluding steroid dienone is 1. The van der Waals surface area contributed by atoms with Crippen molar-refractivity contribution in [2.24, 2.45) is 11.8 Å². The normalized spacial score (nSPS) is 29.1. The number of nitrogens with zero attached hydrogens (tertiary/aromatic N) is 2. The fraction of sp³-hybridized carbons (Fsp3) is 0.634. The van der Waals surface area contributed by atoms with Crippen LogP contribution in [-0.2, 0) is 35.6 Å². The number of carbonyl (C=O) groups is 4. The van der Waals surface area contributed by atoms with Crippen molar-refractivity contribution in [2.45, 2.75) is 139 Å². The first-order valence-electron chi connectivity index (χ1n) is 20.3. The van der Waals surface area contributed by atoms with E-state index >= 15 is 0 Å². The molecular weight excluding hydrogens is 796 g/mol. The lowest BCUT2D eigenvalue weighted by Gasteiger charge is -2.36. The van der Waals surface area contributed by atoms with Crippen LogP contribution in [-0.4, -0.2) is 96.0 Å². The van der Waals surface area contributed by atoms with Gasteiger partial charge in [-0.2, -0.15) is 13.2 Å². The van der Waals surface area contributed by atoms with E-state index in [4.69, 9.17) is 19.2 Å². The minimum atomic E-state index is -4.86. The lowest BCUT2D eigenvalue weighted by Crippen LogP contribution is -2.58. The fourth-order valence-electron chi connectivity index (χ4n) is 8.67. The highest BCUT2D eigenvalue weighted by Gasteiger charge is 2.64. The Morgan fingerprint density at radius 1 is 1.10 bits per heavy atom. The molecule has 5 aliphatic rings. The molecule has 7 rings (SSSR count). The molecule has 4 amide bonds. The van der Waals surface area contributed by atoms with Crippen molar-refractivity contribution in [2.75, 3.05) is 13.7 Å². The Kier molecular flexibility index (Phi) is 11.1. The Morgan fingerprint density at radius 3 is 2.53 bits per heavy atom. The molecule has 4 heterocycles. The number of benzene rings is 1. The van der Waals surface area contributed by atoms with Gasteiger partial charge in [0, 0.05) is 23.3 Å². The molecule has 1 saturated heterocycles. The number of alkyl halides is 3. The second-order valence-electron chi connectivity index (χ2n) is 17.4. The minimum Gasteiger partial charge on any atom is -0.497 e. The molecule has 6 atom stereocenters. The summed E-state index contributed by atoms with van der Waals surface area (Å²) in [5.41, 5.74) is -0.591. The maximum Gasteiger partial charge on any atom is 0.425 e. The number of aryl methyl sites for hydroxylation is 2. The van der Waals surface area contributed by atoms with Crippen molar-refractivity contribution in [3.05, 3.63) is 41.6 Å². The largest absolute Gasteiger partial charge is 0.497 e. The first-order chi connectivity index (χ1) is 27.7. The van der Waals surface area contributed by atoms with Crippen molar-refractivity contribution in [3.63, 3.8) is 0 Å². The van der Waals surface area contributed by atoms with Crippen LogP contribution in [0, 0.1) is 18.8 Å². The predicted molar refractivity (Wildman–Crippen MR) is 209 cm³/mol. The molecule has 3 fully saturated rings. The van der Waals surface area contributed by atoms with E-state index in [9.17, 15) is 40.8 Å². The van der Waals surface area contributed by atoms with Gasteiger partial charge in [-0.1, -0.05) is 38.8 Å². The predicted octanol–water partition coefficient (Wildman–Crippen LogP) is 5.29. The highest BCUT2D eigenvalue weighted by atomic mass is 32.2. The monoisotopic (exact) mass is 847 g/mol. The van der Waals surface area contributed by atoms with Crippen LogP contribution in [0.15, 0.2) is 30.4 Å². The summed E-state index contributed by atoms with van der Waals surface area (Å²) in [5, 5.41) is 6.05. The molecule has 0 radical (unpaired) electrons. The van der Waals surface area contributed by atoms with Crippen molar-refractivity contribution < 1.29 is 55.0 Å². The molecule has 2 saturated carbocycles. The SMILES string of the molecule is COc1ccc2nc(C)c3c(c2c1)CC[C@]1(C[C@H]2C(=O)N[C@]4(C(=O)NS(=O)(=O)C5(C)CC5)C[C@H]4/C=C\CCCCC[C@H](NC(=O)OC(C(C)C)C(F)(F)F)C(=O)N2C1)O3. The van der Waals surface area contributed by atoms with Crippen LogP contribution in [0.5, 0.6) is 11.5 Å². The molecule has 322 valence electrons. The van der Waals surface area contributed by atoms with Crippen LogP contribution in [0.1, 0.15) is 96.2 Å². The number of methoxy groups -OCH3 is 1. The summed E-state index contributed by atoms with van der Waals surface area (Å²) >= 11 is 0. The first-order valence-corrected chi connectivity index (χ1v) is 21.8. The second kappa shape index (κ2) is 15.4. The van der Waals surface area contributed by atoms with E-state index in [0.29, 0.717) is 68.6 Å². The summed E-state index contributed by atoms with van der Waals surface area (Å²) in [6.07, 6.45) is -1.13. The highest BCUT2D eigenvalue weighted by Crippen LogP contribution is 2.49. The van der Waals surface area contributed by atoms with E-state index in [1.807, 2.05) is 18.2 Å². The zero-order valence-electron chi connectivity index (χ0n) is 33.9. The van der Waals surface area contributed by atoms with Crippen molar-refractivity contribution >= 4 is 44.7 Å². The number of carbonyl (C=O) groups excluding carboxylic acids is 4. The van der Waals surface area contributed by atoms with E-state index in [2.05, 4.69) is 15.4 Å². The van der Waals surface area contributed by atoms with E-state index in [-0.39, 0.29) is 25.8 Å². The Labute approximate surface area is 341 Å². The quantitative estimate of drug-likeness (QED) is 0.310. The first kappa shape index (κ1) is 42.5. The average Bonchev–Trinajstić information content (AvgIpc) is 4.06. The zero-order valence-corrected chi connectivity index (χ0v) is 34.7. The van der Waals surface area contributed by atoms with E-state index in [1.165, 1.54) is 18.7 Å². The number of rotatable bonds is 7. The van der Waals surface area contributed by atoms with Gasteiger partial charge in [-0.25, -0.2) is 18.2 Å². The molecule has 59 heavy (non-hydrogen) atoms. The molecule has 0 bridgehead atoms. The molecule has 1 spiro atoms. The third-order valence-electron chi connectivity index (χ3n) is 12.6. The summed E-state index contributed by atoms with van der Waals surface area (Å²) in [5.74, 6) is -2.87.